The van der Waals surface area contributed by atoms with Crippen LogP contribution in [0.3, 0.4) is 0 Å². The van der Waals surface area contributed by atoms with Crippen molar-refractivity contribution in [2.45, 2.75) is 6.92 Å². The van der Waals surface area contributed by atoms with Gasteiger partial charge in [0.15, 0.2) is 17.2 Å². The molecule has 0 bridgehead atoms. The third-order valence-electron chi connectivity index (χ3n) is 4.82. The Morgan fingerprint density at radius 3 is 2.47 bits per heavy atom. The number of carbonyl (C=O) groups is 2. The first-order chi connectivity index (χ1) is 16.2. The van der Waals surface area contributed by atoms with Crippen molar-refractivity contribution in [2.24, 2.45) is 4.99 Å². The van der Waals surface area contributed by atoms with Crippen LogP contribution in [-0.2, 0) is 9.53 Å². The Morgan fingerprint density at radius 1 is 1.06 bits per heavy atom. The highest BCUT2D eigenvalue weighted by Gasteiger charge is 2.25. The van der Waals surface area contributed by atoms with E-state index in [4.69, 9.17) is 14.2 Å². The molecule has 9 heteroatoms. The molecule has 0 atom stereocenters. The van der Waals surface area contributed by atoms with Crippen LogP contribution < -0.4 is 9.47 Å². The fourth-order valence-electron chi connectivity index (χ4n) is 3.08. The lowest BCUT2D eigenvalue weighted by Gasteiger charge is -2.12. The molecule has 0 amide bonds. The maximum atomic E-state index is 12.6. The number of hydrogen-bond acceptors (Lipinski definition) is 6. The van der Waals surface area contributed by atoms with Gasteiger partial charge in [-0.05, 0) is 122 Å². The van der Waals surface area contributed by atoms with E-state index in [2.05, 4.69) is 66.1 Å². The van der Waals surface area contributed by atoms with Crippen molar-refractivity contribution in [3.63, 3.8) is 0 Å². The molecule has 0 saturated heterocycles. The van der Waals surface area contributed by atoms with Gasteiger partial charge in [0.1, 0.15) is 0 Å². The number of halogens is 3. The zero-order valence-electron chi connectivity index (χ0n) is 17.9. The highest BCUT2D eigenvalue weighted by molar-refractivity contribution is 14.1. The minimum atomic E-state index is -0.548. The minimum absolute atomic E-state index is 0.159. The molecule has 3 aromatic rings. The SMILES string of the molecule is COc1cc(/C=C2\N=C(c3ccc(I)c(Br)c3)OC2=O)cc(I)c1OC(=O)c1ccc(C)cc1. The lowest BCUT2D eigenvalue weighted by atomic mass is 10.1. The highest BCUT2D eigenvalue weighted by Crippen LogP contribution is 2.35. The molecule has 4 rings (SSSR count). The van der Waals surface area contributed by atoms with E-state index in [1.807, 2.05) is 37.3 Å². The van der Waals surface area contributed by atoms with E-state index >= 15 is 0 Å². The average molecular weight is 744 g/mol. The van der Waals surface area contributed by atoms with Gasteiger partial charge in [-0.25, -0.2) is 14.6 Å². The largest absolute Gasteiger partial charge is 0.493 e. The van der Waals surface area contributed by atoms with Crippen LogP contribution in [0.25, 0.3) is 6.08 Å². The predicted molar refractivity (Wildman–Crippen MR) is 149 cm³/mol. The second-order valence-corrected chi connectivity index (χ2v) is 10.4. The van der Waals surface area contributed by atoms with Gasteiger partial charge < -0.3 is 14.2 Å². The molecule has 0 aliphatic carbocycles. The number of benzene rings is 3. The molecule has 1 aliphatic rings. The van der Waals surface area contributed by atoms with Crippen molar-refractivity contribution in [1.82, 2.24) is 0 Å². The van der Waals surface area contributed by atoms with Crippen LogP contribution in [-0.4, -0.2) is 24.9 Å². The predicted octanol–water partition coefficient (Wildman–Crippen LogP) is 6.54. The van der Waals surface area contributed by atoms with Gasteiger partial charge >= 0.3 is 11.9 Å². The molecule has 1 heterocycles. The second-order valence-electron chi connectivity index (χ2n) is 7.25. The molecule has 0 unspecified atom stereocenters. The van der Waals surface area contributed by atoms with E-state index in [0.717, 1.165) is 13.6 Å². The highest BCUT2D eigenvalue weighted by atomic mass is 127. The van der Waals surface area contributed by atoms with E-state index in [1.165, 1.54) is 7.11 Å². The summed E-state index contributed by atoms with van der Waals surface area (Å²) in [7, 11) is 1.49. The Morgan fingerprint density at radius 2 is 1.79 bits per heavy atom. The number of aliphatic imine (C=N–C) groups is 1. The van der Waals surface area contributed by atoms with Crippen LogP contribution >= 0.6 is 61.1 Å². The first kappa shape index (κ1) is 24.9. The standard InChI is InChI=1S/C25H16BrI2NO5/c1-13-3-5-15(6-4-13)24(30)33-22-19(28)9-14(11-21(22)32-2)10-20-25(31)34-23(29-20)16-7-8-18(27)17(26)12-16/h3-12H,1-2H3/b20-10-. The zero-order valence-corrected chi connectivity index (χ0v) is 23.8. The van der Waals surface area contributed by atoms with Gasteiger partial charge in [-0.1, -0.05) is 17.7 Å². The maximum absolute atomic E-state index is 12.6. The molecule has 0 spiro atoms. The summed E-state index contributed by atoms with van der Waals surface area (Å²) in [4.78, 5) is 29.4. The van der Waals surface area contributed by atoms with Gasteiger partial charge in [0, 0.05) is 13.6 Å². The van der Waals surface area contributed by atoms with Crippen molar-refractivity contribution in [3.8, 4) is 11.5 Å². The summed E-state index contributed by atoms with van der Waals surface area (Å²) in [5.41, 5.74) is 2.98. The van der Waals surface area contributed by atoms with Gasteiger partial charge in [0.25, 0.3) is 0 Å². The number of carbonyl (C=O) groups excluding carboxylic acids is 2. The molecule has 0 saturated carbocycles. The van der Waals surface area contributed by atoms with Gasteiger partial charge in [0.05, 0.1) is 16.2 Å². The molecule has 6 nitrogen and oxygen atoms in total. The number of esters is 2. The number of aryl methyl sites for hydroxylation is 1. The number of ether oxygens (including phenoxy) is 3. The van der Waals surface area contributed by atoms with Crippen molar-refractivity contribution in [2.75, 3.05) is 7.11 Å². The van der Waals surface area contributed by atoms with E-state index in [1.54, 1.807) is 30.3 Å². The summed E-state index contributed by atoms with van der Waals surface area (Å²) >= 11 is 7.74. The topological polar surface area (TPSA) is 74.2 Å². The maximum Gasteiger partial charge on any atom is 0.363 e. The average Bonchev–Trinajstić information content (AvgIpc) is 3.17. The van der Waals surface area contributed by atoms with E-state index in [-0.39, 0.29) is 11.6 Å². The Kier molecular flexibility index (Phi) is 7.73. The summed E-state index contributed by atoms with van der Waals surface area (Å²) in [6.45, 7) is 1.95. The Hall–Kier alpha value is -2.25. The molecular formula is C25H16BrI2NO5. The lowest BCUT2D eigenvalue weighted by molar-refractivity contribution is -0.129. The molecule has 34 heavy (non-hydrogen) atoms. The van der Waals surface area contributed by atoms with Crippen LogP contribution in [0.5, 0.6) is 11.5 Å². The Labute approximate surface area is 231 Å². The first-order valence-corrected chi connectivity index (χ1v) is 12.8. The third-order valence-corrected chi connectivity index (χ3v) is 7.96. The monoisotopic (exact) mass is 743 g/mol. The smallest absolute Gasteiger partial charge is 0.363 e. The van der Waals surface area contributed by atoms with E-state index in [9.17, 15) is 9.59 Å². The summed E-state index contributed by atoms with van der Waals surface area (Å²) < 4.78 is 19.0. The summed E-state index contributed by atoms with van der Waals surface area (Å²) in [5, 5.41) is 0. The lowest BCUT2D eigenvalue weighted by Crippen LogP contribution is -2.10. The Balaban J connectivity index is 1.62. The number of hydrogen-bond donors (Lipinski definition) is 0. The number of rotatable bonds is 5. The van der Waals surface area contributed by atoms with Crippen molar-refractivity contribution < 1.29 is 23.8 Å². The van der Waals surface area contributed by atoms with Gasteiger partial charge in [-0.3, -0.25) is 0 Å². The molecule has 0 aromatic heterocycles. The summed E-state index contributed by atoms with van der Waals surface area (Å²) in [6, 6.07) is 16.2. The number of methoxy groups -OCH3 is 1. The van der Waals surface area contributed by atoms with Crippen LogP contribution in [0.15, 0.2) is 69.8 Å². The summed E-state index contributed by atoms with van der Waals surface area (Å²) in [5.74, 6) is -0.138. The fraction of sp³-hybridized carbons (Fsp3) is 0.0800. The van der Waals surface area contributed by atoms with Crippen molar-refractivity contribution in [1.29, 1.82) is 0 Å². The summed E-state index contributed by atoms with van der Waals surface area (Å²) in [6.07, 6.45) is 1.60. The van der Waals surface area contributed by atoms with Crippen LogP contribution in [0, 0.1) is 14.1 Å². The molecule has 1 aliphatic heterocycles. The number of nitrogens with zero attached hydrogens (tertiary/aromatic N) is 1. The van der Waals surface area contributed by atoms with Crippen LogP contribution in [0.4, 0.5) is 0 Å². The normalized spacial score (nSPS) is 14.1. The van der Waals surface area contributed by atoms with Crippen LogP contribution in [0.1, 0.15) is 27.0 Å². The minimum Gasteiger partial charge on any atom is -0.493 e. The van der Waals surface area contributed by atoms with E-state index in [0.29, 0.717) is 31.8 Å². The van der Waals surface area contributed by atoms with Crippen LogP contribution in [0.2, 0.25) is 0 Å². The number of cyclic esters (lactones) is 1. The Bertz CT molecular complexity index is 1370. The zero-order chi connectivity index (χ0) is 24.4. The molecular weight excluding hydrogens is 728 g/mol. The van der Waals surface area contributed by atoms with E-state index < -0.39 is 11.9 Å². The van der Waals surface area contributed by atoms with Gasteiger partial charge in [-0.2, -0.15) is 0 Å². The fourth-order valence-corrected chi connectivity index (χ4v) is 4.53. The molecule has 0 N–H and O–H groups in total. The first-order valence-electron chi connectivity index (χ1n) is 9.89. The molecule has 3 aromatic carbocycles. The second kappa shape index (κ2) is 10.6. The molecule has 172 valence electrons. The molecule has 0 fully saturated rings. The molecule has 0 radical (unpaired) electrons. The quantitative estimate of drug-likeness (QED) is 0.129. The van der Waals surface area contributed by atoms with Gasteiger partial charge in [-0.15, -0.1) is 0 Å². The third kappa shape index (κ3) is 5.52. The van der Waals surface area contributed by atoms with Crippen molar-refractivity contribution in [3.05, 3.63) is 94.2 Å². The van der Waals surface area contributed by atoms with Crippen molar-refractivity contribution >= 4 is 85.0 Å². The van der Waals surface area contributed by atoms with Gasteiger partial charge in [0.2, 0.25) is 5.90 Å².